The maximum Gasteiger partial charge on any atom is 0.323 e. The van der Waals surface area contributed by atoms with E-state index in [-0.39, 0.29) is 30.8 Å². The van der Waals surface area contributed by atoms with Crippen LogP contribution in [-0.2, 0) is 25.5 Å². The molecule has 2 heterocycles. The van der Waals surface area contributed by atoms with Crippen molar-refractivity contribution in [2.24, 2.45) is 5.41 Å². The molecule has 2 aliphatic heterocycles. The second kappa shape index (κ2) is 10.0. The van der Waals surface area contributed by atoms with E-state index in [1.54, 1.807) is 16.9 Å². The lowest BCUT2D eigenvalue weighted by atomic mass is 9.69. The van der Waals surface area contributed by atoms with E-state index in [0.29, 0.717) is 32.4 Å². The molecule has 2 saturated heterocycles. The van der Waals surface area contributed by atoms with Crippen LogP contribution in [0.2, 0.25) is 0 Å². The summed E-state index contributed by atoms with van der Waals surface area (Å²) in [7, 11) is 0. The SMILES string of the molecule is CCOC(=O)[C@H](CCc1ccccc1)N[C@@]1(C(C)(C)C)CCC(=O)N2CCCCN2C1=O. The Morgan fingerprint density at radius 3 is 2.41 bits per heavy atom. The molecule has 2 amide bonds. The first kappa shape index (κ1) is 24.2. The van der Waals surface area contributed by atoms with Crippen LogP contribution in [0.15, 0.2) is 30.3 Å². The van der Waals surface area contributed by atoms with Gasteiger partial charge in [0.25, 0.3) is 5.91 Å². The highest BCUT2D eigenvalue weighted by atomic mass is 16.5. The van der Waals surface area contributed by atoms with E-state index in [9.17, 15) is 14.4 Å². The molecule has 0 aromatic heterocycles. The summed E-state index contributed by atoms with van der Waals surface area (Å²) in [4.78, 5) is 39.8. The third-order valence-corrected chi connectivity index (χ3v) is 6.72. The van der Waals surface area contributed by atoms with E-state index >= 15 is 0 Å². The summed E-state index contributed by atoms with van der Waals surface area (Å²) < 4.78 is 5.38. The number of hydrazine groups is 1. The van der Waals surface area contributed by atoms with Crippen molar-refractivity contribution in [3.8, 4) is 0 Å². The Kier molecular flexibility index (Phi) is 7.59. The summed E-state index contributed by atoms with van der Waals surface area (Å²) in [6.07, 6.45) is 3.56. The molecule has 0 aliphatic carbocycles. The van der Waals surface area contributed by atoms with Crippen molar-refractivity contribution < 1.29 is 19.1 Å². The lowest BCUT2D eigenvalue weighted by Gasteiger charge is -2.48. The number of hydrogen-bond acceptors (Lipinski definition) is 5. The minimum Gasteiger partial charge on any atom is -0.465 e. The number of benzene rings is 1. The fourth-order valence-electron chi connectivity index (χ4n) is 4.78. The molecule has 2 atom stereocenters. The summed E-state index contributed by atoms with van der Waals surface area (Å²) in [6.45, 7) is 9.16. The Bertz CT molecular complexity index is 820. The van der Waals surface area contributed by atoms with Crippen LogP contribution in [0.5, 0.6) is 0 Å². The van der Waals surface area contributed by atoms with E-state index in [4.69, 9.17) is 4.74 Å². The van der Waals surface area contributed by atoms with Crippen molar-refractivity contribution >= 4 is 17.8 Å². The molecule has 0 radical (unpaired) electrons. The Morgan fingerprint density at radius 2 is 1.78 bits per heavy atom. The number of hydrogen-bond donors (Lipinski definition) is 1. The van der Waals surface area contributed by atoms with Crippen molar-refractivity contribution in [3.63, 3.8) is 0 Å². The van der Waals surface area contributed by atoms with Crippen molar-refractivity contribution in [3.05, 3.63) is 35.9 Å². The number of amides is 2. The predicted molar refractivity (Wildman–Crippen MR) is 122 cm³/mol. The van der Waals surface area contributed by atoms with Gasteiger partial charge >= 0.3 is 5.97 Å². The number of ether oxygens (including phenoxy) is 1. The smallest absolute Gasteiger partial charge is 0.323 e. The molecule has 176 valence electrons. The average Bonchev–Trinajstić information content (AvgIpc) is 2.88. The summed E-state index contributed by atoms with van der Waals surface area (Å²) in [5.41, 5.74) is -0.448. The zero-order valence-corrected chi connectivity index (χ0v) is 19.9. The number of fused-ring (bicyclic) bond motifs is 1. The van der Waals surface area contributed by atoms with Crippen molar-refractivity contribution in [1.82, 2.24) is 15.3 Å². The molecular weight excluding hydrogens is 406 g/mol. The van der Waals surface area contributed by atoms with E-state index in [1.807, 2.05) is 51.1 Å². The normalized spacial score (nSPS) is 22.9. The Hall–Kier alpha value is -2.41. The number of nitrogens with zero attached hydrogens (tertiary/aromatic N) is 2. The zero-order valence-electron chi connectivity index (χ0n) is 19.9. The Labute approximate surface area is 191 Å². The van der Waals surface area contributed by atoms with Crippen molar-refractivity contribution in [2.45, 2.75) is 77.8 Å². The molecule has 7 heteroatoms. The van der Waals surface area contributed by atoms with Gasteiger partial charge in [0.2, 0.25) is 5.91 Å². The highest BCUT2D eigenvalue weighted by Crippen LogP contribution is 2.40. The molecule has 0 saturated carbocycles. The minimum atomic E-state index is -1.05. The summed E-state index contributed by atoms with van der Waals surface area (Å²) in [5, 5.41) is 6.70. The fourth-order valence-corrected chi connectivity index (χ4v) is 4.78. The van der Waals surface area contributed by atoms with Crippen LogP contribution in [0, 0.1) is 5.41 Å². The van der Waals surface area contributed by atoms with Gasteiger partial charge in [0.15, 0.2) is 0 Å². The van der Waals surface area contributed by atoms with E-state index in [0.717, 1.165) is 18.4 Å². The first-order chi connectivity index (χ1) is 15.2. The second-order valence-electron chi connectivity index (χ2n) is 9.78. The van der Waals surface area contributed by atoms with Gasteiger partial charge < -0.3 is 4.74 Å². The van der Waals surface area contributed by atoms with Gasteiger partial charge in [0.05, 0.1) is 6.61 Å². The van der Waals surface area contributed by atoms with Gasteiger partial charge in [0, 0.05) is 19.5 Å². The largest absolute Gasteiger partial charge is 0.465 e. The molecule has 1 aromatic carbocycles. The van der Waals surface area contributed by atoms with Crippen LogP contribution in [0.3, 0.4) is 0 Å². The minimum absolute atomic E-state index is 0.0251. The van der Waals surface area contributed by atoms with E-state index in [1.165, 1.54) is 0 Å². The summed E-state index contributed by atoms with van der Waals surface area (Å²) in [5.74, 6) is -0.501. The van der Waals surface area contributed by atoms with E-state index in [2.05, 4.69) is 5.32 Å². The third-order valence-electron chi connectivity index (χ3n) is 6.72. The second-order valence-corrected chi connectivity index (χ2v) is 9.78. The van der Waals surface area contributed by atoms with Gasteiger partial charge in [0.1, 0.15) is 11.6 Å². The molecular formula is C25H37N3O4. The molecule has 0 spiro atoms. The number of rotatable bonds is 7. The number of carbonyl (C=O) groups excluding carboxylic acids is 3. The van der Waals surface area contributed by atoms with Crippen LogP contribution in [0.25, 0.3) is 0 Å². The monoisotopic (exact) mass is 443 g/mol. The first-order valence-electron chi connectivity index (χ1n) is 11.8. The van der Waals surface area contributed by atoms with Gasteiger partial charge in [-0.3, -0.25) is 24.7 Å². The van der Waals surface area contributed by atoms with Gasteiger partial charge in [-0.25, -0.2) is 5.01 Å². The molecule has 0 bridgehead atoms. The molecule has 1 aromatic rings. The number of carbonyl (C=O) groups is 3. The maximum absolute atomic E-state index is 14.0. The van der Waals surface area contributed by atoms with Crippen LogP contribution >= 0.6 is 0 Å². The number of aryl methyl sites for hydroxylation is 1. The van der Waals surface area contributed by atoms with E-state index < -0.39 is 17.0 Å². The summed E-state index contributed by atoms with van der Waals surface area (Å²) >= 11 is 0. The van der Waals surface area contributed by atoms with Crippen LogP contribution in [0.4, 0.5) is 0 Å². The fraction of sp³-hybridized carbons (Fsp3) is 0.640. The quantitative estimate of drug-likeness (QED) is 0.655. The molecule has 32 heavy (non-hydrogen) atoms. The lowest BCUT2D eigenvalue weighted by molar-refractivity contribution is -0.171. The van der Waals surface area contributed by atoms with Crippen LogP contribution in [-0.4, -0.2) is 59.1 Å². The van der Waals surface area contributed by atoms with Gasteiger partial charge in [-0.1, -0.05) is 51.1 Å². The molecule has 1 N–H and O–H groups in total. The highest BCUT2D eigenvalue weighted by Gasteiger charge is 2.55. The lowest BCUT2D eigenvalue weighted by Crippen LogP contribution is -2.69. The van der Waals surface area contributed by atoms with Crippen molar-refractivity contribution in [2.75, 3.05) is 19.7 Å². The van der Waals surface area contributed by atoms with Crippen LogP contribution < -0.4 is 5.32 Å². The van der Waals surface area contributed by atoms with Crippen LogP contribution in [0.1, 0.15) is 65.4 Å². The number of nitrogens with one attached hydrogen (secondary N) is 1. The van der Waals surface area contributed by atoms with Crippen molar-refractivity contribution in [1.29, 1.82) is 0 Å². The first-order valence-corrected chi connectivity index (χ1v) is 11.8. The Morgan fingerprint density at radius 1 is 1.12 bits per heavy atom. The standard InChI is InChI=1S/C25H37N3O4/c1-5-32-22(30)20(14-13-19-11-7-6-8-12-19)26-25(24(2,3)4)16-15-21(29)27-17-9-10-18-28(27)23(25)31/h6-8,11-12,20,26H,5,9-10,13-18H2,1-4H3/t20-,25-/m0/s1. The Balaban J connectivity index is 1.93. The van der Waals surface area contributed by atoms with Gasteiger partial charge in [-0.2, -0.15) is 0 Å². The molecule has 0 unspecified atom stereocenters. The van der Waals surface area contributed by atoms with Gasteiger partial charge in [-0.05, 0) is 50.0 Å². The maximum atomic E-state index is 14.0. The molecule has 2 aliphatic rings. The molecule has 7 nitrogen and oxygen atoms in total. The average molecular weight is 444 g/mol. The van der Waals surface area contributed by atoms with Gasteiger partial charge in [-0.15, -0.1) is 0 Å². The zero-order chi connectivity index (χ0) is 23.4. The molecule has 3 rings (SSSR count). The molecule has 2 fully saturated rings. The summed E-state index contributed by atoms with van der Waals surface area (Å²) in [6, 6.07) is 9.33. The predicted octanol–water partition coefficient (Wildman–Crippen LogP) is 3.09. The third kappa shape index (κ3) is 4.98. The highest BCUT2D eigenvalue weighted by molar-refractivity contribution is 5.93. The number of esters is 1. The topological polar surface area (TPSA) is 79.0 Å².